The molecule has 4 nitrogen and oxygen atoms in total. The third kappa shape index (κ3) is 5.95. The predicted molar refractivity (Wildman–Crippen MR) is 84.1 cm³/mol. The highest BCUT2D eigenvalue weighted by Crippen LogP contribution is 2.31. The first kappa shape index (κ1) is 17.9. The molecule has 0 aliphatic carbocycles. The van der Waals surface area contributed by atoms with Crippen molar-refractivity contribution in [1.29, 1.82) is 5.41 Å². The third-order valence-electron chi connectivity index (χ3n) is 3.26. The van der Waals surface area contributed by atoms with Crippen molar-refractivity contribution < 1.29 is 22.6 Å². The summed E-state index contributed by atoms with van der Waals surface area (Å²) in [6.45, 7) is 3.06. The second kappa shape index (κ2) is 8.44. The highest BCUT2D eigenvalue weighted by atomic mass is 32.2. The summed E-state index contributed by atoms with van der Waals surface area (Å²) in [5.74, 6) is 0.905. The number of ether oxygens (including phenoxy) is 2. The van der Waals surface area contributed by atoms with Crippen molar-refractivity contribution in [3.05, 3.63) is 29.8 Å². The van der Waals surface area contributed by atoms with Gasteiger partial charge in [-0.05, 0) is 24.6 Å². The molecule has 128 valence electrons. The lowest BCUT2D eigenvalue weighted by atomic mass is 10.2. The van der Waals surface area contributed by atoms with Gasteiger partial charge in [-0.25, -0.2) is 0 Å². The molecule has 1 aromatic carbocycles. The van der Waals surface area contributed by atoms with Gasteiger partial charge in [0.1, 0.15) is 5.75 Å². The van der Waals surface area contributed by atoms with E-state index in [9.17, 15) is 13.2 Å². The standard InChI is InChI=1S/C15H19F3N2O2S/c16-15(17,18)12-3-1-4-13(11-12)22-7-2-10-23-14(19)20-5-8-21-9-6-20/h1,3-4,11,19H,2,5-10H2. The van der Waals surface area contributed by atoms with Crippen LogP contribution >= 0.6 is 11.8 Å². The number of morpholine rings is 1. The SMILES string of the molecule is N=C(SCCCOc1cccc(C(F)(F)F)c1)N1CCOCC1. The maximum absolute atomic E-state index is 12.6. The molecule has 1 saturated heterocycles. The lowest BCUT2D eigenvalue weighted by Gasteiger charge is -2.28. The Bertz CT molecular complexity index is 520. The van der Waals surface area contributed by atoms with Crippen LogP contribution in [0.3, 0.4) is 0 Å². The number of amidine groups is 1. The zero-order valence-corrected chi connectivity index (χ0v) is 13.4. The van der Waals surface area contributed by atoms with Crippen molar-refractivity contribution in [3.8, 4) is 5.75 Å². The highest BCUT2D eigenvalue weighted by Gasteiger charge is 2.30. The minimum absolute atomic E-state index is 0.216. The zero-order valence-electron chi connectivity index (χ0n) is 12.6. The minimum Gasteiger partial charge on any atom is -0.494 e. The fourth-order valence-electron chi connectivity index (χ4n) is 2.04. The Morgan fingerprint density at radius 2 is 2.04 bits per heavy atom. The van der Waals surface area contributed by atoms with Gasteiger partial charge >= 0.3 is 6.18 Å². The summed E-state index contributed by atoms with van der Waals surface area (Å²) in [7, 11) is 0. The normalized spacial score (nSPS) is 15.5. The van der Waals surface area contributed by atoms with E-state index >= 15 is 0 Å². The minimum atomic E-state index is -4.36. The molecule has 1 fully saturated rings. The van der Waals surface area contributed by atoms with E-state index in [1.807, 2.05) is 4.90 Å². The number of nitrogens with zero attached hydrogens (tertiary/aromatic N) is 1. The van der Waals surface area contributed by atoms with E-state index in [0.717, 1.165) is 25.2 Å². The Morgan fingerprint density at radius 1 is 1.30 bits per heavy atom. The van der Waals surface area contributed by atoms with E-state index < -0.39 is 11.7 Å². The molecular formula is C15H19F3N2O2S. The smallest absolute Gasteiger partial charge is 0.416 e. The van der Waals surface area contributed by atoms with Crippen LogP contribution in [-0.2, 0) is 10.9 Å². The van der Waals surface area contributed by atoms with Crippen molar-refractivity contribution in [2.75, 3.05) is 38.7 Å². The van der Waals surface area contributed by atoms with Crippen LogP contribution in [-0.4, -0.2) is 48.7 Å². The predicted octanol–water partition coefficient (Wildman–Crippen LogP) is 3.47. The van der Waals surface area contributed by atoms with Crippen LogP contribution in [0.4, 0.5) is 13.2 Å². The molecule has 1 aliphatic heterocycles. The summed E-state index contributed by atoms with van der Waals surface area (Å²) in [5, 5.41) is 8.45. The van der Waals surface area contributed by atoms with Crippen molar-refractivity contribution >= 4 is 16.9 Å². The average molecular weight is 348 g/mol. The summed E-state index contributed by atoms with van der Waals surface area (Å²) >= 11 is 1.42. The molecule has 0 saturated carbocycles. The number of hydrogen-bond donors (Lipinski definition) is 1. The topological polar surface area (TPSA) is 45.5 Å². The lowest BCUT2D eigenvalue weighted by molar-refractivity contribution is -0.137. The van der Waals surface area contributed by atoms with E-state index in [4.69, 9.17) is 14.9 Å². The van der Waals surface area contributed by atoms with E-state index in [-0.39, 0.29) is 5.75 Å². The molecule has 1 aromatic rings. The number of alkyl halides is 3. The van der Waals surface area contributed by atoms with Crippen LogP contribution in [0.5, 0.6) is 5.75 Å². The second-order valence-corrected chi connectivity index (χ2v) is 6.06. The zero-order chi connectivity index (χ0) is 16.7. The van der Waals surface area contributed by atoms with Crippen molar-refractivity contribution in [2.45, 2.75) is 12.6 Å². The highest BCUT2D eigenvalue weighted by molar-refractivity contribution is 8.13. The molecular weight excluding hydrogens is 329 g/mol. The Labute approximate surface area is 137 Å². The van der Waals surface area contributed by atoms with Gasteiger partial charge in [-0.3, -0.25) is 5.41 Å². The molecule has 0 bridgehead atoms. The maximum Gasteiger partial charge on any atom is 0.416 e. The van der Waals surface area contributed by atoms with Gasteiger partial charge in [0.15, 0.2) is 5.17 Å². The lowest BCUT2D eigenvalue weighted by Crippen LogP contribution is -2.39. The van der Waals surface area contributed by atoms with Gasteiger partial charge in [-0.1, -0.05) is 17.8 Å². The summed E-state index contributed by atoms with van der Waals surface area (Å²) in [4.78, 5) is 1.96. The molecule has 2 rings (SSSR count). The number of rotatable bonds is 5. The quantitative estimate of drug-likeness (QED) is 0.503. The largest absolute Gasteiger partial charge is 0.494 e. The van der Waals surface area contributed by atoms with Gasteiger partial charge in [0.2, 0.25) is 0 Å². The van der Waals surface area contributed by atoms with Gasteiger partial charge in [-0.15, -0.1) is 0 Å². The number of benzene rings is 1. The van der Waals surface area contributed by atoms with Crippen molar-refractivity contribution in [3.63, 3.8) is 0 Å². The van der Waals surface area contributed by atoms with Crippen LogP contribution in [0.2, 0.25) is 0 Å². The second-order valence-electron chi connectivity index (χ2n) is 4.98. The molecule has 8 heteroatoms. The number of thioether (sulfide) groups is 1. The monoisotopic (exact) mass is 348 g/mol. The summed E-state index contributed by atoms with van der Waals surface area (Å²) in [6.07, 6.45) is -3.70. The number of halogens is 3. The van der Waals surface area contributed by atoms with Gasteiger partial charge < -0.3 is 14.4 Å². The average Bonchev–Trinajstić information content (AvgIpc) is 2.54. The van der Waals surface area contributed by atoms with Crippen LogP contribution in [0.1, 0.15) is 12.0 Å². The van der Waals surface area contributed by atoms with Gasteiger partial charge in [0.05, 0.1) is 25.4 Å². The first-order valence-electron chi connectivity index (χ1n) is 7.31. The van der Waals surface area contributed by atoms with Gasteiger partial charge in [-0.2, -0.15) is 13.2 Å². The summed E-state index contributed by atoms with van der Waals surface area (Å²) in [6, 6.07) is 4.87. The number of nitrogens with one attached hydrogen (secondary N) is 1. The van der Waals surface area contributed by atoms with Gasteiger partial charge in [0, 0.05) is 18.8 Å². The molecule has 1 aliphatic rings. The Balaban J connectivity index is 1.66. The molecule has 0 radical (unpaired) electrons. The fraction of sp³-hybridized carbons (Fsp3) is 0.533. The van der Waals surface area contributed by atoms with Crippen LogP contribution in [0, 0.1) is 5.41 Å². The molecule has 0 amide bonds. The van der Waals surface area contributed by atoms with Crippen molar-refractivity contribution in [2.24, 2.45) is 0 Å². The fourth-order valence-corrected chi connectivity index (χ4v) is 2.86. The summed E-state index contributed by atoms with van der Waals surface area (Å²) in [5.41, 5.74) is -0.710. The van der Waals surface area contributed by atoms with Crippen LogP contribution in [0.25, 0.3) is 0 Å². The van der Waals surface area contributed by atoms with E-state index in [2.05, 4.69) is 0 Å². The molecule has 0 spiro atoms. The van der Waals surface area contributed by atoms with Crippen LogP contribution in [0.15, 0.2) is 24.3 Å². The van der Waals surface area contributed by atoms with Gasteiger partial charge in [0.25, 0.3) is 0 Å². The third-order valence-corrected chi connectivity index (χ3v) is 4.28. The van der Waals surface area contributed by atoms with E-state index in [1.165, 1.54) is 23.9 Å². The summed E-state index contributed by atoms with van der Waals surface area (Å²) < 4.78 is 48.3. The Kier molecular flexibility index (Phi) is 6.59. The van der Waals surface area contributed by atoms with Crippen molar-refractivity contribution in [1.82, 2.24) is 4.90 Å². The maximum atomic E-state index is 12.6. The Hall–Kier alpha value is -1.41. The first-order valence-corrected chi connectivity index (χ1v) is 8.29. The first-order chi connectivity index (χ1) is 11.0. The van der Waals surface area contributed by atoms with E-state index in [0.29, 0.717) is 37.2 Å². The molecule has 0 atom stereocenters. The molecule has 23 heavy (non-hydrogen) atoms. The molecule has 0 unspecified atom stereocenters. The van der Waals surface area contributed by atoms with Crippen LogP contribution < -0.4 is 4.74 Å². The Morgan fingerprint density at radius 3 is 2.74 bits per heavy atom. The molecule has 1 heterocycles. The molecule has 0 aromatic heterocycles. The van der Waals surface area contributed by atoms with E-state index in [1.54, 1.807) is 0 Å². The number of hydrogen-bond acceptors (Lipinski definition) is 4. The molecule has 1 N–H and O–H groups in total.